The number of aromatic amines is 1. The average Bonchev–Trinajstić information content (AvgIpc) is 3.12. The Labute approximate surface area is 186 Å². The van der Waals surface area contributed by atoms with E-state index >= 15 is 0 Å². The van der Waals surface area contributed by atoms with Gasteiger partial charge in [0.15, 0.2) is 11.5 Å². The first-order chi connectivity index (χ1) is 15.5. The summed E-state index contributed by atoms with van der Waals surface area (Å²) in [5.41, 5.74) is 11.3. The number of rotatable bonds is 4. The summed E-state index contributed by atoms with van der Waals surface area (Å²) in [5, 5.41) is 10.3. The van der Waals surface area contributed by atoms with Gasteiger partial charge in [-0.2, -0.15) is 5.10 Å². The highest BCUT2D eigenvalue weighted by Gasteiger charge is 2.31. The van der Waals surface area contributed by atoms with Gasteiger partial charge >= 0.3 is 6.36 Å². The van der Waals surface area contributed by atoms with Crippen molar-refractivity contribution in [2.45, 2.75) is 27.1 Å². The summed E-state index contributed by atoms with van der Waals surface area (Å²) in [7, 11) is 0. The van der Waals surface area contributed by atoms with Crippen LogP contribution in [0.4, 0.5) is 24.7 Å². The number of ether oxygens (including phenoxy) is 1. The van der Waals surface area contributed by atoms with Gasteiger partial charge in [-0.15, -0.1) is 13.2 Å². The number of nitrogens with two attached hydrogens (primary N) is 1. The third-order valence-electron chi connectivity index (χ3n) is 5.37. The van der Waals surface area contributed by atoms with Crippen LogP contribution in [-0.4, -0.2) is 27.5 Å². The van der Waals surface area contributed by atoms with Gasteiger partial charge in [-0.3, -0.25) is 9.89 Å². The molecular weight excluding hydrogens is 435 g/mol. The first-order valence-corrected chi connectivity index (χ1v) is 9.92. The summed E-state index contributed by atoms with van der Waals surface area (Å²) in [5.74, 6) is -0.670. The molecule has 0 aliphatic heterocycles. The Kier molecular flexibility index (Phi) is 5.44. The van der Waals surface area contributed by atoms with Crippen LogP contribution in [0, 0.1) is 20.8 Å². The molecule has 170 valence electrons. The first kappa shape index (κ1) is 22.1. The van der Waals surface area contributed by atoms with Crippen molar-refractivity contribution in [1.82, 2.24) is 15.2 Å². The quantitative estimate of drug-likeness (QED) is 0.388. The van der Waals surface area contributed by atoms with Crippen LogP contribution in [0.15, 0.2) is 42.5 Å². The van der Waals surface area contributed by atoms with Gasteiger partial charge in [0.1, 0.15) is 5.75 Å². The highest BCUT2D eigenvalue weighted by atomic mass is 19.4. The Morgan fingerprint density at radius 2 is 1.85 bits per heavy atom. The van der Waals surface area contributed by atoms with E-state index in [9.17, 15) is 18.0 Å². The predicted octanol–water partition coefficient (Wildman–Crippen LogP) is 5.28. The minimum atomic E-state index is -4.84. The van der Waals surface area contributed by atoms with Crippen molar-refractivity contribution in [1.29, 1.82) is 0 Å². The van der Waals surface area contributed by atoms with Gasteiger partial charge in [0.25, 0.3) is 5.91 Å². The Balaban J connectivity index is 1.67. The van der Waals surface area contributed by atoms with Crippen molar-refractivity contribution in [3.8, 4) is 17.0 Å². The fourth-order valence-corrected chi connectivity index (χ4v) is 3.61. The Hall–Kier alpha value is -4.08. The van der Waals surface area contributed by atoms with E-state index in [0.717, 1.165) is 39.8 Å². The number of nitrogens with zero attached hydrogens (tertiary/aromatic N) is 2. The average molecular weight is 455 g/mol. The molecule has 4 N–H and O–H groups in total. The van der Waals surface area contributed by atoms with Crippen molar-refractivity contribution in [3.05, 3.63) is 64.7 Å². The molecule has 0 bridgehead atoms. The highest BCUT2D eigenvalue weighted by molar-refractivity contribution is 6.05. The number of pyridine rings is 1. The molecule has 0 saturated heterocycles. The van der Waals surface area contributed by atoms with Gasteiger partial charge in [-0.25, -0.2) is 4.98 Å². The number of nitrogens with one attached hydrogen (secondary N) is 2. The molecular formula is C23H20F3N5O2. The highest BCUT2D eigenvalue weighted by Crippen LogP contribution is 2.33. The molecule has 0 atom stereocenters. The van der Waals surface area contributed by atoms with E-state index in [4.69, 9.17) is 5.73 Å². The van der Waals surface area contributed by atoms with Gasteiger partial charge in [0.05, 0.1) is 11.1 Å². The number of carbonyl (C=O) groups excluding carboxylic acids is 1. The van der Waals surface area contributed by atoms with Crippen LogP contribution in [0.5, 0.6) is 5.75 Å². The van der Waals surface area contributed by atoms with E-state index in [-0.39, 0.29) is 5.56 Å². The standard InChI is InChI=1S/C23H20F3N5O2/c1-11-7-8-15(28-22(32)14-5-4-6-16(9-14)33-23(24,25)26)10-17(11)19-13(3)12(2)18-20(27)30-31-21(18)29-19/h4-10H,1-3H3,(H,28,32)(H3,27,29,30,31). The molecule has 0 spiro atoms. The number of benzene rings is 2. The fourth-order valence-electron chi connectivity index (χ4n) is 3.61. The minimum absolute atomic E-state index is 0.0263. The number of aromatic nitrogens is 3. The van der Waals surface area contributed by atoms with Crippen molar-refractivity contribution < 1.29 is 22.7 Å². The second-order valence-corrected chi connectivity index (χ2v) is 7.60. The second kappa shape index (κ2) is 8.12. The number of hydrogen-bond donors (Lipinski definition) is 3. The van der Waals surface area contributed by atoms with Crippen molar-refractivity contribution in [2.24, 2.45) is 0 Å². The number of amides is 1. The van der Waals surface area contributed by atoms with Crippen molar-refractivity contribution in [3.63, 3.8) is 0 Å². The summed E-state index contributed by atoms with van der Waals surface area (Å²) in [4.78, 5) is 17.4. The number of carbonyl (C=O) groups is 1. The van der Waals surface area contributed by atoms with Crippen molar-refractivity contribution >= 4 is 28.4 Å². The Morgan fingerprint density at radius 3 is 2.58 bits per heavy atom. The van der Waals surface area contributed by atoms with E-state index in [1.165, 1.54) is 12.1 Å². The largest absolute Gasteiger partial charge is 0.573 e. The first-order valence-electron chi connectivity index (χ1n) is 9.92. The molecule has 10 heteroatoms. The molecule has 2 aromatic heterocycles. The third kappa shape index (κ3) is 4.45. The van der Waals surface area contributed by atoms with Crippen LogP contribution < -0.4 is 15.8 Å². The molecule has 0 aliphatic rings. The van der Waals surface area contributed by atoms with E-state index < -0.39 is 18.0 Å². The normalized spacial score (nSPS) is 11.6. The van der Waals surface area contributed by atoms with Crippen LogP contribution in [0.25, 0.3) is 22.3 Å². The van der Waals surface area contributed by atoms with E-state index in [2.05, 4.69) is 25.2 Å². The van der Waals surface area contributed by atoms with E-state index in [1.807, 2.05) is 26.8 Å². The number of hydrogen-bond acceptors (Lipinski definition) is 5. The van der Waals surface area contributed by atoms with Crippen LogP contribution in [0.3, 0.4) is 0 Å². The summed E-state index contributed by atoms with van der Waals surface area (Å²) in [6.07, 6.45) is -4.84. The lowest BCUT2D eigenvalue weighted by Crippen LogP contribution is -2.18. The zero-order valence-electron chi connectivity index (χ0n) is 18.0. The Bertz CT molecular complexity index is 1380. The molecule has 4 rings (SSSR count). The molecule has 0 unspecified atom stereocenters. The van der Waals surface area contributed by atoms with Gasteiger partial charge < -0.3 is 15.8 Å². The van der Waals surface area contributed by atoms with Gasteiger partial charge in [-0.05, 0) is 67.8 Å². The fraction of sp³-hybridized carbons (Fsp3) is 0.174. The van der Waals surface area contributed by atoms with Gasteiger partial charge in [0.2, 0.25) is 0 Å². The Morgan fingerprint density at radius 1 is 1.09 bits per heavy atom. The maximum Gasteiger partial charge on any atom is 0.573 e. The minimum Gasteiger partial charge on any atom is -0.406 e. The SMILES string of the molecule is Cc1ccc(NC(=O)c2cccc(OC(F)(F)F)c2)cc1-c1nc2[nH]nc(N)c2c(C)c1C. The second-order valence-electron chi connectivity index (χ2n) is 7.60. The molecule has 0 aliphatic carbocycles. The van der Waals surface area contributed by atoms with E-state index in [0.29, 0.717) is 22.8 Å². The number of halogens is 3. The van der Waals surface area contributed by atoms with Crippen molar-refractivity contribution in [2.75, 3.05) is 11.1 Å². The topological polar surface area (TPSA) is 106 Å². The zero-order valence-corrected chi connectivity index (χ0v) is 18.0. The number of fused-ring (bicyclic) bond motifs is 1. The summed E-state index contributed by atoms with van der Waals surface area (Å²) in [6.45, 7) is 5.78. The molecule has 4 aromatic rings. The monoisotopic (exact) mass is 455 g/mol. The maximum absolute atomic E-state index is 12.7. The summed E-state index contributed by atoms with van der Waals surface area (Å²) < 4.78 is 41.3. The molecule has 7 nitrogen and oxygen atoms in total. The lowest BCUT2D eigenvalue weighted by Gasteiger charge is -2.14. The molecule has 1 amide bonds. The number of nitrogen functional groups attached to an aromatic ring is 1. The molecule has 0 saturated carbocycles. The van der Waals surface area contributed by atoms with Gasteiger partial charge in [-0.1, -0.05) is 12.1 Å². The van der Waals surface area contributed by atoms with Crippen LogP contribution in [0.2, 0.25) is 0 Å². The number of aryl methyl sites for hydroxylation is 2. The lowest BCUT2D eigenvalue weighted by molar-refractivity contribution is -0.274. The van der Waals surface area contributed by atoms with Crippen LogP contribution in [0.1, 0.15) is 27.0 Å². The number of H-pyrrole nitrogens is 1. The number of anilines is 2. The third-order valence-corrected chi connectivity index (χ3v) is 5.37. The summed E-state index contributed by atoms with van der Waals surface area (Å²) in [6, 6.07) is 10.2. The van der Waals surface area contributed by atoms with E-state index in [1.54, 1.807) is 12.1 Å². The van der Waals surface area contributed by atoms with Crippen LogP contribution in [-0.2, 0) is 0 Å². The lowest BCUT2D eigenvalue weighted by atomic mass is 9.97. The molecule has 0 fully saturated rings. The maximum atomic E-state index is 12.7. The molecule has 33 heavy (non-hydrogen) atoms. The zero-order chi connectivity index (χ0) is 23.9. The smallest absolute Gasteiger partial charge is 0.406 e. The molecule has 0 radical (unpaired) electrons. The molecule has 2 aromatic carbocycles. The molecule has 2 heterocycles. The van der Waals surface area contributed by atoms with Gasteiger partial charge in [0, 0.05) is 16.8 Å². The number of alkyl halides is 3. The predicted molar refractivity (Wildman–Crippen MR) is 119 cm³/mol. The van der Waals surface area contributed by atoms with Crippen LogP contribution >= 0.6 is 0 Å². The summed E-state index contributed by atoms with van der Waals surface area (Å²) >= 11 is 0.